The fraction of sp³-hybridized carbons (Fsp3) is 0.231. The molecule has 3 nitrogen and oxygen atoms in total. The molecule has 1 aromatic carbocycles. The van der Waals surface area contributed by atoms with Crippen molar-refractivity contribution in [3.05, 3.63) is 58.3 Å². The molecule has 5 heteroatoms. The first-order valence-electron chi connectivity index (χ1n) is 5.67. The van der Waals surface area contributed by atoms with Gasteiger partial charge in [-0.1, -0.05) is 22.9 Å². The Bertz CT molecular complexity index is 519. The van der Waals surface area contributed by atoms with Gasteiger partial charge < -0.3 is 5.32 Å². The van der Waals surface area contributed by atoms with Gasteiger partial charge in [-0.3, -0.25) is 0 Å². The average molecular weight is 310 g/mol. The number of rotatable bonds is 4. The van der Waals surface area contributed by atoms with E-state index in [0.29, 0.717) is 17.9 Å². The van der Waals surface area contributed by atoms with Crippen LogP contribution in [0.3, 0.4) is 0 Å². The number of hydrogen-bond donors (Lipinski definition) is 1. The van der Waals surface area contributed by atoms with Crippen LogP contribution in [0, 0.1) is 5.82 Å². The lowest BCUT2D eigenvalue weighted by Crippen LogP contribution is -2.24. The molecule has 2 aromatic rings. The highest BCUT2D eigenvalue weighted by Gasteiger charge is 2.19. The third-order valence-corrected chi connectivity index (χ3v) is 3.01. The van der Waals surface area contributed by atoms with Crippen molar-refractivity contribution in [2.75, 3.05) is 6.54 Å². The molecule has 0 bridgehead atoms. The Morgan fingerprint density at radius 2 is 2.06 bits per heavy atom. The maximum Gasteiger partial charge on any atom is 0.149 e. The molecular weight excluding hydrogens is 297 g/mol. The van der Waals surface area contributed by atoms with Crippen molar-refractivity contribution in [2.45, 2.75) is 13.0 Å². The van der Waals surface area contributed by atoms with Gasteiger partial charge in [0, 0.05) is 22.4 Å². The van der Waals surface area contributed by atoms with E-state index < -0.39 is 0 Å². The zero-order valence-corrected chi connectivity index (χ0v) is 11.5. The van der Waals surface area contributed by atoms with Crippen LogP contribution in [-0.2, 0) is 0 Å². The first-order valence-corrected chi connectivity index (χ1v) is 6.47. The molecule has 0 spiro atoms. The summed E-state index contributed by atoms with van der Waals surface area (Å²) in [6.45, 7) is 2.67. The molecule has 0 aliphatic rings. The van der Waals surface area contributed by atoms with E-state index in [-0.39, 0.29) is 11.9 Å². The molecule has 0 fully saturated rings. The van der Waals surface area contributed by atoms with Gasteiger partial charge in [0.2, 0.25) is 0 Å². The normalized spacial score (nSPS) is 12.4. The molecule has 2 rings (SSSR count). The van der Waals surface area contributed by atoms with Crippen LogP contribution in [0.15, 0.2) is 41.1 Å². The quantitative estimate of drug-likeness (QED) is 0.943. The second kappa shape index (κ2) is 6.02. The molecule has 1 heterocycles. The summed E-state index contributed by atoms with van der Waals surface area (Å²) in [4.78, 5) is 8.38. The third-order valence-electron chi connectivity index (χ3n) is 2.52. The van der Waals surface area contributed by atoms with Gasteiger partial charge >= 0.3 is 0 Å². The third kappa shape index (κ3) is 2.91. The summed E-state index contributed by atoms with van der Waals surface area (Å²) in [5.74, 6) is 0.299. The molecule has 18 heavy (non-hydrogen) atoms. The lowest BCUT2D eigenvalue weighted by Gasteiger charge is -2.17. The Morgan fingerprint density at radius 3 is 2.72 bits per heavy atom. The zero-order chi connectivity index (χ0) is 13.0. The average Bonchev–Trinajstić information content (AvgIpc) is 2.40. The highest BCUT2D eigenvalue weighted by Crippen LogP contribution is 2.24. The van der Waals surface area contributed by atoms with E-state index in [1.807, 2.05) is 6.92 Å². The van der Waals surface area contributed by atoms with Crippen molar-refractivity contribution in [1.82, 2.24) is 15.3 Å². The number of halogens is 2. The van der Waals surface area contributed by atoms with E-state index >= 15 is 0 Å². The number of nitrogens with zero attached hydrogens (tertiary/aromatic N) is 2. The number of hydrogen-bond acceptors (Lipinski definition) is 3. The Balaban J connectivity index is 2.44. The van der Waals surface area contributed by atoms with Crippen LogP contribution >= 0.6 is 15.9 Å². The molecule has 0 amide bonds. The number of nitrogens with one attached hydrogen (secondary N) is 1. The van der Waals surface area contributed by atoms with Gasteiger partial charge in [-0.2, -0.15) is 0 Å². The minimum atomic E-state index is -0.339. The van der Waals surface area contributed by atoms with Gasteiger partial charge in [-0.25, -0.2) is 14.4 Å². The van der Waals surface area contributed by atoms with Crippen molar-refractivity contribution in [3.63, 3.8) is 0 Å². The predicted molar refractivity (Wildman–Crippen MR) is 71.7 cm³/mol. The van der Waals surface area contributed by atoms with Gasteiger partial charge in [0.15, 0.2) is 0 Å². The molecule has 0 saturated heterocycles. The minimum absolute atomic E-state index is 0.267. The molecule has 1 aromatic heterocycles. The largest absolute Gasteiger partial charge is 0.304 e. The molecule has 1 atom stereocenters. The summed E-state index contributed by atoms with van der Waals surface area (Å²) in [5, 5.41) is 3.20. The Morgan fingerprint density at radius 1 is 1.33 bits per heavy atom. The summed E-state index contributed by atoms with van der Waals surface area (Å²) in [7, 11) is 0. The van der Waals surface area contributed by atoms with E-state index in [9.17, 15) is 4.39 Å². The Kier molecular flexibility index (Phi) is 4.38. The molecule has 0 radical (unpaired) electrons. The molecule has 0 aliphatic heterocycles. The first kappa shape index (κ1) is 13.1. The molecular formula is C13H13BrFN3. The van der Waals surface area contributed by atoms with E-state index in [2.05, 4.69) is 31.2 Å². The highest BCUT2D eigenvalue weighted by molar-refractivity contribution is 9.10. The van der Waals surface area contributed by atoms with Crippen LogP contribution in [0.5, 0.6) is 0 Å². The summed E-state index contributed by atoms with van der Waals surface area (Å²) in [5.41, 5.74) is 0.539. The molecule has 0 aliphatic carbocycles. The van der Waals surface area contributed by atoms with E-state index in [0.717, 1.165) is 4.47 Å². The van der Waals surface area contributed by atoms with Crippen molar-refractivity contribution in [1.29, 1.82) is 0 Å². The maximum absolute atomic E-state index is 13.9. The van der Waals surface area contributed by atoms with Crippen molar-refractivity contribution >= 4 is 15.9 Å². The second-order valence-electron chi connectivity index (χ2n) is 3.76. The summed E-state index contributed by atoms with van der Waals surface area (Å²) >= 11 is 3.35. The van der Waals surface area contributed by atoms with Crippen molar-refractivity contribution in [3.8, 4) is 0 Å². The fourth-order valence-corrected chi connectivity index (χ4v) is 2.12. The first-order chi connectivity index (χ1) is 8.72. The van der Waals surface area contributed by atoms with Crippen LogP contribution in [-0.4, -0.2) is 16.5 Å². The SMILES string of the molecule is CCNC(c1ncccn1)c1cc(Br)ccc1F. The van der Waals surface area contributed by atoms with Gasteiger partial charge in [0.1, 0.15) is 11.6 Å². The van der Waals surface area contributed by atoms with Crippen molar-refractivity contribution < 1.29 is 4.39 Å². The van der Waals surface area contributed by atoms with Crippen LogP contribution in [0.2, 0.25) is 0 Å². The van der Waals surface area contributed by atoms with E-state index in [1.54, 1.807) is 30.6 Å². The van der Waals surface area contributed by atoms with Gasteiger partial charge in [0.25, 0.3) is 0 Å². The van der Waals surface area contributed by atoms with E-state index in [1.165, 1.54) is 6.07 Å². The predicted octanol–water partition coefficient (Wildman–Crippen LogP) is 3.08. The minimum Gasteiger partial charge on any atom is -0.304 e. The topological polar surface area (TPSA) is 37.8 Å². The lowest BCUT2D eigenvalue weighted by molar-refractivity contribution is 0.542. The monoisotopic (exact) mass is 309 g/mol. The van der Waals surface area contributed by atoms with Crippen LogP contribution < -0.4 is 5.32 Å². The molecule has 94 valence electrons. The molecule has 1 N–H and O–H groups in total. The van der Waals surface area contributed by atoms with Gasteiger partial charge in [0.05, 0.1) is 6.04 Å². The van der Waals surface area contributed by atoms with E-state index in [4.69, 9.17) is 0 Å². The molecule has 0 saturated carbocycles. The summed E-state index contributed by atoms with van der Waals surface area (Å²) in [6, 6.07) is 6.26. The second-order valence-corrected chi connectivity index (χ2v) is 4.68. The highest BCUT2D eigenvalue weighted by atomic mass is 79.9. The van der Waals surface area contributed by atoms with Crippen molar-refractivity contribution in [2.24, 2.45) is 0 Å². The zero-order valence-electron chi connectivity index (χ0n) is 9.90. The Labute approximate surface area is 114 Å². The summed E-state index contributed by atoms with van der Waals surface area (Å²) < 4.78 is 14.7. The fourth-order valence-electron chi connectivity index (χ4n) is 1.74. The maximum atomic E-state index is 13.9. The van der Waals surface area contributed by atoms with Gasteiger partial charge in [-0.05, 0) is 30.8 Å². The molecule has 1 unspecified atom stereocenters. The van der Waals surface area contributed by atoms with Crippen LogP contribution in [0.4, 0.5) is 4.39 Å². The van der Waals surface area contributed by atoms with Crippen LogP contribution in [0.1, 0.15) is 24.4 Å². The van der Waals surface area contributed by atoms with Gasteiger partial charge in [-0.15, -0.1) is 0 Å². The number of benzene rings is 1. The summed E-state index contributed by atoms with van der Waals surface area (Å²) in [6.07, 6.45) is 3.31. The standard InChI is InChI=1S/C13H13BrFN3/c1-2-16-12(13-17-6-3-7-18-13)10-8-9(14)4-5-11(10)15/h3-8,12,16H,2H2,1H3. The number of aromatic nitrogens is 2. The Hall–Kier alpha value is -1.33. The van der Waals surface area contributed by atoms with Crippen LogP contribution in [0.25, 0.3) is 0 Å². The smallest absolute Gasteiger partial charge is 0.149 e. The lowest BCUT2D eigenvalue weighted by atomic mass is 10.1.